The Balaban J connectivity index is 2.21. The molecule has 3 aromatic rings. The van der Waals surface area contributed by atoms with Crippen LogP contribution in [-0.2, 0) is 6.18 Å². The van der Waals surface area contributed by atoms with E-state index >= 15 is 0 Å². The summed E-state index contributed by atoms with van der Waals surface area (Å²) in [6.07, 6.45) is -2.81. The molecule has 0 fully saturated rings. The zero-order valence-corrected chi connectivity index (χ0v) is 12.0. The molecule has 0 amide bonds. The minimum atomic E-state index is -4.44. The molecule has 0 saturated heterocycles. The number of H-pyrrole nitrogens is 1. The highest BCUT2D eigenvalue weighted by Crippen LogP contribution is 2.39. The lowest BCUT2D eigenvalue weighted by molar-refractivity contribution is -0.137. The fourth-order valence-electron chi connectivity index (χ4n) is 2.50. The average molecular weight is 321 g/mol. The number of benzene rings is 1. The average Bonchev–Trinajstić information content (AvgIpc) is 2.99. The van der Waals surface area contributed by atoms with Gasteiger partial charge in [0.15, 0.2) is 0 Å². The second-order valence-corrected chi connectivity index (χ2v) is 4.99. The van der Waals surface area contributed by atoms with Gasteiger partial charge >= 0.3 is 6.18 Å². The Bertz CT molecular complexity index is 827. The number of nitrogens with zero attached hydrogens (tertiary/aromatic N) is 1. The highest BCUT2D eigenvalue weighted by atomic mass is 19.4. The maximum absolute atomic E-state index is 13.3. The number of aromatic amines is 1. The number of aliphatic hydroxyl groups is 1. The van der Waals surface area contributed by atoms with Gasteiger partial charge in [0.1, 0.15) is 11.5 Å². The molecule has 0 aliphatic heterocycles. The molecule has 0 saturated carbocycles. The van der Waals surface area contributed by atoms with Crippen LogP contribution in [0.4, 0.5) is 19.0 Å². The van der Waals surface area contributed by atoms with Gasteiger partial charge in [0.25, 0.3) is 0 Å². The second-order valence-electron chi connectivity index (χ2n) is 4.99. The Morgan fingerprint density at radius 3 is 2.65 bits per heavy atom. The maximum atomic E-state index is 13.3. The number of pyridine rings is 1. The van der Waals surface area contributed by atoms with Crippen molar-refractivity contribution in [3.05, 3.63) is 48.2 Å². The highest BCUT2D eigenvalue weighted by molar-refractivity contribution is 5.95. The monoisotopic (exact) mass is 321 g/mol. The van der Waals surface area contributed by atoms with Crippen molar-refractivity contribution in [2.75, 3.05) is 18.5 Å². The van der Waals surface area contributed by atoms with E-state index < -0.39 is 11.7 Å². The lowest BCUT2D eigenvalue weighted by Crippen LogP contribution is -2.09. The van der Waals surface area contributed by atoms with Gasteiger partial charge in [0.2, 0.25) is 0 Å². The quantitative estimate of drug-likeness (QED) is 0.687. The highest BCUT2D eigenvalue weighted by Gasteiger charge is 2.33. The molecule has 2 heterocycles. The number of nitrogens with one attached hydrogen (secondary N) is 2. The van der Waals surface area contributed by atoms with Gasteiger partial charge in [-0.2, -0.15) is 13.2 Å². The zero-order valence-electron chi connectivity index (χ0n) is 12.0. The van der Waals surface area contributed by atoms with Crippen molar-refractivity contribution < 1.29 is 18.3 Å². The summed E-state index contributed by atoms with van der Waals surface area (Å²) in [6.45, 7) is 0.165. The summed E-state index contributed by atoms with van der Waals surface area (Å²) in [6, 6.07) is 8.71. The SMILES string of the molecule is OCCNc1cc(-c2ccccc2C(F)(F)F)c2cc[nH]c2n1. The zero-order chi connectivity index (χ0) is 16.4. The van der Waals surface area contributed by atoms with Gasteiger partial charge in [-0.25, -0.2) is 4.98 Å². The topological polar surface area (TPSA) is 60.9 Å². The predicted molar refractivity (Wildman–Crippen MR) is 82.1 cm³/mol. The lowest BCUT2D eigenvalue weighted by Gasteiger charge is -2.14. The Hall–Kier alpha value is -2.54. The van der Waals surface area contributed by atoms with E-state index in [0.29, 0.717) is 22.4 Å². The van der Waals surface area contributed by atoms with Gasteiger partial charge in [-0.3, -0.25) is 0 Å². The van der Waals surface area contributed by atoms with Crippen LogP contribution in [0, 0.1) is 0 Å². The Kier molecular flexibility index (Phi) is 3.96. The number of hydrogen-bond acceptors (Lipinski definition) is 3. The Labute approximate surface area is 130 Å². The molecule has 4 nitrogen and oxygen atoms in total. The smallest absolute Gasteiger partial charge is 0.395 e. The van der Waals surface area contributed by atoms with Crippen molar-refractivity contribution in [3.8, 4) is 11.1 Å². The van der Waals surface area contributed by atoms with Crippen LogP contribution in [0.2, 0.25) is 0 Å². The van der Waals surface area contributed by atoms with Crippen molar-refractivity contribution >= 4 is 16.9 Å². The van der Waals surface area contributed by atoms with E-state index in [9.17, 15) is 13.2 Å². The number of anilines is 1. The number of alkyl halides is 3. The number of halogens is 3. The maximum Gasteiger partial charge on any atom is 0.417 e. The van der Waals surface area contributed by atoms with Crippen molar-refractivity contribution in [1.29, 1.82) is 0 Å². The molecule has 1 aromatic carbocycles. The molecular formula is C16H14F3N3O. The lowest BCUT2D eigenvalue weighted by atomic mass is 9.97. The minimum absolute atomic E-state index is 0.0963. The third-order valence-corrected chi connectivity index (χ3v) is 3.47. The molecule has 0 aliphatic rings. The summed E-state index contributed by atoms with van der Waals surface area (Å²) in [5.41, 5.74) is 0.324. The number of fused-ring (bicyclic) bond motifs is 1. The summed E-state index contributed by atoms with van der Waals surface area (Å²) in [4.78, 5) is 7.20. The molecule has 0 atom stereocenters. The molecule has 120 valence electrons. The number of hydrogen-bond donors (Lipinski definition) is 3. The molecule has 2 aromatic heterocycles. The molecule has 3 rings (SSSR count). The van der Waals surface area contributed by atoms with Crippen LogP contribution in [0.5, 0.6) is 0 Å². The molecule has 7 heteroatoms. The van der Waals surface area contributed by atoms with Crippen LogP contribution in [-0.4, -0.2) is 28.2 Å². The molecule has 0 unspecified atom stereocenters. The Morgan fingerprint density at radius 2 is 1.91 bits per heavy atom. The fourth-order valence-corrected chi connectivity index (χ4v) is 2.50. The van der Waals surface area contributed by atoms with E-state index in [0.717, 1.165) is 6.07 Å². The number of rotatable bonds is 4. The van der Waals surface area contributed by atoms with Crippen LogP contribution in [0.15, 0.2) is 42.6 Å². The third kappa shape index (κ3) is 3.00. The minimum Gasteiger partial charge on any atom is -0.395 e. The van der Waals surface area contributed by atoms with Gasteiger partial charge in [-0.05, 0) is 29.3 Å². The fraction of sp³-hybridized carbons (Fsp3) is 0.188. The summed E-state index contributed by atoms with van der Waals surface area (Å²) in [5, 5.41) is 12.4. The van der Waals surface area contributed by atoms with Gasteiger partial charge in [-0.15, -0.1) is 0 Å². The molecular weight excluding hydrogens is 307 g/mol. The van der Waals surface area contributed by atoms with Crippen molar-refractivity contribution in [1.82, 2.24) is 9.97 Å². The summed E-state index contributed by atoms with van der Waals surface area (Å²) < 4.78 is 39.9. The number of aromatic nitrogens is 2. The van der Waals surface area contributed by atoms with Crippen molar-refractivity contribution in [2.24, 2.45) is 0 Å². The van der Waals surface area contributed by atoms with Crippen LogP contribution in [0.1, 0.15) is 5.56 Å². The largest absolute Gasteiger partial charge is 0.417 e. The van der Waals surface area contributed by atoms with E-state index in [-0.39, 0.29) is 18.7 Å². The second kappa shape index (κ2) is 5.92. The summed E-state index contributed by atoms with van der Waals surface area (Å²) in [5.74, 6) is 0.404. The summed E-state index contributed by atoms with van der Waals surface area (Å²) in [7, 11) is 0. The van der Waals surface area contributed by atoms with Crippen LogP contribution >= 0.6 is 0 Å². The summed E-state index contributed by atoms with van der Waals surface area (Å²) >= 11 is 0. The van der Waals surface area contributed by atoms with Gasteiger partial charge < -0.3 is 15.4 Å². The first kappa shape index (κ1) is 15.4. The van der Waals surface area contributed by atoms with E-state index in [1.807, 2.05) is 0 Å². The normalized spacial score (nSPS) is 11.8. The first-order valence-corrected chi connectivity index (χ1v) is 7.00. The van der Waals surface area contributed by atoms with E-state index in [4.69, 9.17) is 5.11 Å². The Morgan fingerprint density at radius 1 is 1.13 bits per heavy atom. The van der Waals surface area contributed by atoms with Crippen LogP contribution in [0.25, 0.3) is 22.2 Å². The van der Waals surface area contributed by atoms with Gasteiger partial charge in [0, 0.05) is 18.1 Å². The van der Waals surface area contributed by atoms with E-state index in [1.165, 1.54) is 12.1 Å². The molecule has 23 heavy (non-hydrogen) atoms. The standard InChI is InChI=1S/C16H14F3N3O/c17-16(18,19)13-4-2-1-3-10(13)12-9-14(20-7-8-23)22-15-11(12)5-6-21-15/h1-6,9,23H,7-8H2,(H2,20,21,22). The molecule has 3 N–H and O–H groups in total. The third-order valence-electron chi connectivity index (χ3n) is 3.47. The van der Waals surface area contributed by atoms with Gasteiger partial charge in [-0.1, -0.05) is 18.2 Å². The first-order valence-electron chi connectivity index (χ1n) is 7.00. The van der Waals surface area contributed by atoms with E-state index in [1.54, 1.807) is 24.4 Å². The first-order chi connectivity index (χ1) is 11.0. The predicted octanol–water partition coefficient (Wildman–Crippen LogP) is 3.65. The molecule has 0 aliphatic carbocycles. The van der Waals surface area contributed by atoms with E-state index in [2.05, 4.69) is 15.3 Å². The van der Waals surface area contributed by atoms with Crippen molar-refractivity contribution in [3.63, 3.8) is 0 Å². The molecule has 0 spiro atoms. The molecule has 0 radical (unpaired) electrons. The van der Waals surface area contributed by atoms with Gasteiger partial charge in [0.05, 0.1) is 12.2 Å². The van der Waals surface area contributed by atoms with Crippen molar-refractivity contribution in [2.45, 2.75) is 6.18 Å². The number of aliphatic hydroxyl groups excluding tert-OH is 1. The molecule has 0 bridgehead atoms. The van der Waals surface area contributed by atoms with Crippen LogP contribution < -0.4 is 5.32 Å². The van der Waals surface area contributed by atoms with Crippen LogP contribution in [0.3, 0.4) is 0 Å².